The first kappa shape index (κ1) is 5.69. The molecule has 1 aliphatic heterocycles. The first-order valence-electron chi connectivity index (χ1n) is 3.66. The molecular weight excluding hydrogens is 116 g/mol. The van der Waals surface area contributed by atoms with Gasteiger partial charge in [-0.3, -0.25) is 0 Å². The van der Waals surface area contributed by atoms with Crippen molar-refractivity contribution in [2.75, 3.05) is 6.61 Å². The van der Waals surface area contributed by atoms with Gasteiger partial charge in [-0.25, -0.2) is 0 Å². The largest absolute Gasteiger partial charge is 0.396 e. The van der Waals surface area contributed by atoms with Gasteiger partial charge < -0.3 is 9.84 Å². The first-order valence-corrected chi connectivity index (χ1v) is 3.66. The van der Waals surface area contributed by atoms with Crippen molar-refractivity contribution >= 4 is 0 Å². The zero-order valence-corrected chi connectivity index (χ0v) is 5.42. The van der Waals surface area contributed by atoms with Crippen LogP contribution in [-0.4, -0.2) is 23.9 Å². The van der Waals surface area contributed by atoms with E-state index in [1.54, 1.807) is 0 Å². The van der Waals surface area contributed by atoms with Crippen LogP contribution in [0.4, 0.5) is 0 Å². The van der Waals surface area contributed by atoms with E-state index in [9.17, 15) is 0 Å². The van der Waals surface area contributed by atoms with Crippen LogP contribution in [-0.2, 0) is 4.74 Å². The van der Waals surface area contributed by atoms with Crippen molar-refractivity contribution in [1.82, 2.24) is 0 Å². The van der Waals surface area contributed by atoms with Crippen LogP contribution in [0, 0.1) is 5.92 Å². The topological polar surface area (TPSA) is 32.8 Å². The predicted octanol–water partition coefficient (Wildman–Crippen LogP) is 0.546. The van der Waals surface area contributed by atoms with Gasteiger partial charge in [-0.05, 0) is 25.2 Å². The van der Waals surface area contributed by atoms with Gasteiger partial charge in [0.1, 0.15) is 0 Å². The fourth-order valence-corrected chi connectivity index (χ4v) is 1.65. The molecule has 52 valence electrons. The quantitative estimate of drug-likeness (QED) is 0.523. The summed E-state index contributed by atoms with van der Waals surface area (Å²) in [4.78, 5) is 0. The first-order chi connectivity index (χ1) is 4.40. The second kappa shape index (κ2) is 1.96. The van der Waals surface area contributed by atoms with Crippen molar-refractivity contribution in [2.24, 2.45) is 5.92 Å². The molecule has 1 heterocycles. The monoisotopic (exact) mass is 128 g/mol. The highest BCUT2D eigenvalue weighted by Gasteiger charge is 2.43. The van der Waals surface area contributed by atoms with Crippen molar-refractivity contribution in [3.63, 3.8) is 0 Å². The summed E-state index contributed by atoms with van der Waals surface area (Å²) >= 11 is 0. The van der Waals surface area contributed by atoms with Gasteiger partial charge >= 0.3 is 0 Å². The molecule has 0 radical (unpaired) electrons. The molecule has 2 heteroatoms. The fraction of sp³-hybridized carbons (Fsp3) is 1.00. The molecule has 2 fully saturated rings. The molecule has 2 unspecified atom stereocenters. The number of aliphatic hydroxyl groups excluding tert-OH is 1. The zero-order chi connectivity index (χ0) is 6.27. The lowest BCUT2D eigenvalue weighted by molar-refractivity contribution is 0.197. The molecule has 2 rings (SSSR count). The number of hydrogen-bond acceptors (Lipinski definition) is 2. The van der Waals surface area contributed by atoms with E-state index < -0.39 is 0 Å². The maximum absolute atomic E-state index is 8.77. The lowest BCUT2D eigenvalue weighted by atomic mass is 9.90. The summed E-state index contributed by atoms with van der Waals surface area (Å²) in [5, 5.41) is 8.77. The van der Waals surface area contributed by atoms with Crippen LogP contribution in [0.3, 0.4) is 0 Å². The third kappa shape index (κ3) is 0.970. The summed E-state index contributed by atoms with van der Waals surface area (Å²) in [6, 6.07) is 0. The van der Waals surface area contributed by atoms with Gasteiger partial charge in [0, 0.05) is 6.61 Å². The van der Waals surface area contributed by atoms with Gasteiger partial charge in [0.05, 0.1) is 12.2 Å². The maximum atomic E-state index is 8.77. The maximum Gasteiger partial charge on any atom is 0.0845 e. The molecule has 3 atom stereocenters. The second-order valence-electron chi connectivity index (χ2n) is 3.07. The number of hydrogen-bond donors (Lipinski definition) is 1. The van der Waals surface area contributed by atoms with E-state index in [0.717, 1.165) is 12.8 Å². The van der Waals surface area contributed by atoms with Crippen LogP contribution in [0.5, 0.6) is 0 Å². The molecule has 0 aromatic carbocycles. The summed E-state index contributed by atoms with van der Waals surface area (Å²) in [6.45, 7) is 0.354. The normalized spacial score (nSPS) is 48.3. The summed E-state index contributed by atoms with van der Waals surface area (Å²) in [7, 11) is 0. The Kier molecular flexibility index (Phi) is 1.24. The van der Waals surface area contributed by atoms with Crippen molar-refractivity contribution in [3.05, 3.63) is 0 Å². The van der Waals surface area contributed by atoms with E-state index in [4.69, 9.17) is 9.84 Å². The molecule has 0 aromatic rings. The van der Waals surface area contributed by atoms with Gasteiger partial charge in [0.15, 0.2) is 0 Å². The minimum absolute atomic E-state index is 0.354. The number of fused-ring (bicyclic) bond motifs is 1. The Morgan fingerprint density at radius 2 is 2.22 bits per heavy atom. The van der Waals surface area contributed by atoms with E-state index >= 15 is 0 Å². The summed E-state index contributed by atoms with van der Waals surface area (Å²) in [5.41, 5.74) is 0. The SMILES string of the molecule is OC[C@H]1CCC2OC2C1. The van der Waals surface area contributed by atoms with E-state index in [2.05, 4.69) is 0 Å². The third-order valence-electron chi connectivity index (χ3n) is 2.37. The Morgan fingerprint density at radius 3 is 2.89 bits per heavy atom. The standard InChI is InChI=1S/C7H12O2/c8-4-5-1-2-6-7(3-5)9-6/h5-8H,1-4H2/t5-,6?,7?/m0/s1. The fourth-order valence-electron chi connectivity index (χ4n) is 1.65. The molecule has 0 aromatic heterocycles. The highest BCUT2D eigenvalue weighted by atomic mass is 16.6. The molecule has 1 aliphatic carbocycles. The number of rotatable bonds is 1. The average molecular weight is 128 g/mol. The Balaban J connectivity index is 1.86. The van der Waals surface area contributed by atoms with Gasteiger partial charge in [-0.1, -0.05) is 0 Å². The van der Waals surface area contributed by atoms with Crippen LogP contribution >= 0.6 is 0 Å². The number of epoxide rings is 1. The summed E-state index contributed by atoms with van der Waals surface area (Å²) < 4.78 is 5.30. The molecule has 2 nitrogen and oxygen atoms in total. The van der Waals surface area contributed by atoms with Crippen LogP contribution in [0.15, 0.2) is 0 Å². The number of ether oxygens (including phenoxy) is 1. The Bertz CT molecular complexity index is 113. The highest BCUT2D eigenvalue weighted by molar-refractivity contribution is 4.91. The molecule has 0 bridgehead atoms. The van der Waals surface area contributed by atoms with E-state index in [0.29, 0.717) is 24.7 Å². The second-order valence-corrected chi connectivity index (χ2v) is 3.07. The van der Waals surface area contributed by atoms with E-state index in [-0.39, 0.29) is 0 Å². The van der Waals surface area contributed by atoms with Crippen LogP contribution in [0.1, 0.15) is 19.3 Å². The van der Waals surface area contributed by atoms with Gasteiger partial charge in [0.25, 0.3) is 0 Å². The molecule has 9 heavy (non-hydrogen) atoms. The van der Waals surface area contributed by atoms with Gasteiger partial charge in [0.2, 0.25) is 0 Å². The molecule has 2 aliphatic rings. The summed E-state index contributed by atoms with van der Waals surface area (Å²) in [6.07, 6.45) is 4.54. The lowest BCUT2D eigenvalue weighted by Crippen LogP contribution is -2.16. The van der Waals surface area contributed by atoms with Crippen molar-refractivity contribution in [3.8, 4) is 0 Å². The zero-order valence-electron chi connectivity index (χ0n) is 5.42. The van der Waals surface area contributed by atoms with Crippen LogP contribution in [0.2, 0.25) is 0 Å². The minimum Gasteiger partial charge on any atom is -0.396 e. The Hall–Kier alpha value is -0.0800. The molecule has 0 amide bonds. The van der Waals surface area contributed by atoms with Gasteiger partial charge in [-0.2, -0.15) is 0 Å². The minimum atomic E-state index is 0.354. The molecular formula is C7H12O2. The number of aliphatic hydroxyl groups is 1. The van der Waals surface area contributed by atoms with Crippen LogP contribution < -0.4 is 0 Å². The Morgan fingerprint density at radius 1 is 1.33 bits per heavy atom. The molecule has 0 spiro atoms. The predicted molar refractivity (Wildman–Crippen MR) is 33.1 cm³/mol. The third-order valence-corrected chi connectivity index (χ3v) is 2.37. The van der Waals surface area contributed by atoms with E-state index in [1.165, 1.54) is 6.42 Å². The molecule has 1 saturated carbocycles. The van der Waals surface area contributed by atoms with Crippen molar-refractivity contribution in [2.45, 2.75) is 31.5 Å². The molecule has 1 N–H and O–H groups in total. The summed E-state index contributed by atoms with van der Waals surface area (Å²) in [5.74, 6) is 0.536. The van der Waals surface area contributed by atoms with Crippen molar-refractivity contribution < 1.29 is 9.84 Å². The highest BCUT2D eigenvalue weighted by Crippen LogP contribution is 2.38. The van der Waals surface area contributed by atoms with E-state index in [1.807, 2.05) is 0 Å². The van der Waals surface area contributed by atoms with Crippen LogP contribution in [0.25, 0.3) is 0 Å². The smallest absolute Gasteiger partial charge is 0.0845 e. The lowest BCUT2D eigenvalue weighted by Gasteiger charge is -2.14. The molecule has 1 saturated heterocycles. The average Bonchev–Trinajstić information content (AvgIpc) is 2.64. The van der Waals surface area contributed by atoms with Crippen molar-refractivity contribution in [1.29, 1.82) is 0 Å². The van der Waals surface area contributed by atoms with Gasteiger partial charge in [-0.15, -0.1) is 0 Å². The Labute approximate surface area is 54.8 Å².